The van der Waals surface area contributed by atoms with Crippen LogP contribution in [0, 0.1) is 11.6 Å². The Morgan fingerprint density at radius 2 is 1.85 bits per heavy atom. The highest BCUT2D eigenvalue weighted by atomic mass is 19.1. The largest absolute Gasteiger partial charge is 0.338 e. The van der Waals surface area contributed by atoms with Gasteiger partial charge in [-0.25, -0.2) is 13.8 Å². The van der Waals surface area contributed by atoms with Crippen LogP contribution in [0.25, 0.3) is 0 Å². The topological polar surface area (TPSA) is 45.2 Å². The van der Waals surface area contributed by atoms with Crippen molar-refractivity contribution in [2.75, 3.05) is 16.8 Å². The van der Waals surface area contributed by atoms with Crippen LogP contribution in [-0.4, -0.2) is 17.4 Å². The Balaban J connectivity index is 1.85. The molecule has 0 saturated heterocycles. The van der Waals surface area contributed by atoms with E-state index < -0.39 is 11.6 Å². The molecule has 26 heavy (non-hydrogen) atoms. The zero-order valence-corrected chi connectivity index (χ0v) is 14.1. The van der Waals surface area contributed by atoms with Gasteiger partial charge in [0, 0.05) is 30.1 Å². The minimum atomic E-state index is -0.733. The first-order chi connectivity index (χ1) is 12.6. The number of carbonyl (C=O) groups is 1. The number of para-hydroxylation sites is 1. The number of carbonyl (C=O) groups excluding carboxylic acids is 1. The third-order valence-electron chi connectivity index (χ3n) is 3.83. The van der Waals surface area contributed by atoms with Gasteiger partial charge < -0.3 is 10.2 Å². The summed E-state index contributed by atoms with van der Waals surface area (Å²) in [5.74, 6) is -1.29. The zero-order valence-electron chi connectivity index (χ0n) is 14.1. The Morgan fingerprint density at radius 1 is 1.08 bits per heavy atom. The van der Waals surface area contributed by atoms with Gasteiger partial charge in [-0.1, -0.05) is 18.2 Å². The van der Waals surface area contributed by atoms with Crippen LogP contribution in [0.1, 0.15) is 17.3 Å². The second-order valence-electron chi connectivity index (χ2n) is 5.56. The lowest BCUT2D eigenvalue weighted by Gasteiger charge is -2.21. The molecule has 6 heteroatoms. The lowest BCUT2D eigenvalue weighted by Crippen LogP contribution is -2.30. The predicted molar refractivity (Wildman–Crippen MR) is 97.7 cm³/mol. The zero-order chi connectivity index (χ0) is 18.5. The lowest BCUT2D eigenvalue weighted by atomic mass is 10.2. The molecule has 0 aliphatic rings. The fourth-order valence-electron chi connectivity index (χ4n) is 2.57. The van der Waals surface area contributed by atoms with Crippen molar-refractivity contribution in [2.24, 2.45) is 0 Å². The fraction of sp³-hybridized carbons (Fsp3) is 0.100. The van der Waals surface area contributed by atoms with E-state index in [0.717, 1.165) is 17.8 Å². The van der Waals surface area contributed by atoms with Gasteiger partial charge in [0.25, 0.3) is 5.91 Å². The number of anilines is 3. The minimum Gasteiger partial charge on any atom is -0.338 e. The smallest absolute Gasteiger partial charge is 0.258 e. The van der Waals surface area contributed by atoms with Crippen LogP contribution in [0.4, 0.5) is 26.0 Å². The summed E-state index contributed by atoms with van der Waals surface area (Å²) in [6.45, 7) is 2.39. The van der Waals surface area contributed by atoms with Crippen molar-refractivity contribution in [3.8, 4) is 0 Å². The molecular formula is C20H17F2N3O. The number of amides is 1. The van der Waals surface area contributed by atoms with E-state index in [0.29, 0.717) is 17.9 Å². The Hall–Kier alpha value is -3.28. The van der Waals surface area contributed by atoms with Crippen molar-refractivity contribution >= 4 is 23.1 Å². The Kier molecular flexibility index (Phi) is 5.22. The van der Waals surface area contributed by atoms with Gasteiger partial charge in [0.05, 0.1) is 5.69 Å². The van der Waals surface area contributed by atoms with Crippen LogP contribution < -0.4 is 10.2 Å². The van der Waals surface area contributed by atoms with Gasteiger partial charge in [0.15, 0.2) is 0 Å². The normalized spacial score (nSPS) is 10.4. The first-order valence-corrected chi connectivity index (χ1v) is 8.13. The van der Waals surface area contributed by atoms with E-state index in [2.05, 4.69) is 10.3 Å². The molecule has 3 rings (SSSR count). The SMILES string of the molecule is CCN(C(=O)c1ccnc(Nc2ccc(F)cc2F)c1)c1ccccc1. The summed E-state index contributed by atoms with van der Waals surface area (Å²) in [5.41, 5.74) is 1.28. The molecule has 0 atom stereocenters. The number of pyridine rings is 1. The third-order valence-corrected chi connectivity index (χ3v) is 3.83. The van der Waals surface area contributed by atoms with E-state index in [9.17, 15) is 13.6 Å². The van der Waals surface area contributed by atoms with Crippen molar-refractivity contribution in [1.29, 1.82) is 0 Å². The summed E-state index contributed by atoms with van der Waals surface area (Å²) >= 11 is 0. The second-order valence-corrected chi connectivity index (χ2v) is 5.56. The average molecular weight is 353 g/mol. The predicted octanol–water partition coefficient (Wildman–Crippen LogP) is 4.77. The van der Waals surface area contributed by atoms with E-state index in [-0.39, 0.29) is 11.6 Å². The van der Waals surface area contributed by atoms with Crippen LogP contribution in [0.3, 0.4) is 0 Å². The molecule has 1 N–H and O–H groups in total. The Bertz CT molecular complexity index is 916. The maximum atomic E-state index is 13.8. The van der Waals surface area contributed by atoms with Gasteiger partial charge in [0.2, 0.25) is 0 Å². The van der Waals surface area contributed by atoms with E-state index in [1.165, 1.54) is 18.3 Å². The molecule has 4 nitrogen and oxygen atoms in total. The summed E-state index contributed by atoms with van der Waals surface area (Å²) in [6, 6.07) is 15.7. The molecule has 0 radical (unpaired) electrons. The Morgan fingerprint density at radius 3 is 2.54 bits per heavy atom. The molecule has 1 aromatic heterocycles. The lowest BCUT2D eigenvalue weighted by molar-refractivity contribution is 0.0988. The van der Waals surface area contributed by atoms with Gasteiger partial charge >= 0.3 is 0 Å². The van der Waals surface area contributed by atoms with Gasteiger partial charge in [-0.15, -0.1) is 0 Å². The van der Waals surface area contributed by atoms with Gasteiger partial charge in [-0.2, -0.15) is 0 Å². The van der Waals surface area contributed by atoms with Crippen molar-refractivity contribution in [1.82, 2.24) is 4.98 Å². The summed E-state index contributed by atoms with van der Waals surface area (Å²) in [6.07, 6.45) is 1.47. The molecule has 1 amide bonds. The molecule has 0 spiro atoms. The van der Waals surface area contributed by atoms with Crippen LogP contribution in [0.5, 0.6) is 0 Å². The molecule has 0 aliphatic heterocycles. The quantitative estimate of drug-likeness (QED) is 0.719. The Labute approximate surface area is 150 Å². The van der Waals surface area contributed by atoms with Crippen LogP contribution >= 0.6 is 0 Å². The van der Waals surface area contributed by atoms with Crippen LogP contribution in [0.15, 0.2) is 66.9 Å². The second kappa shape index (κ2) is 7.74. The molecular weight excluding hydrogens is 336 g/mol. The van der Waals surface area contributed by atoms with Gasteiger partial charge in [-0.05, 0) is 43.3 Å². The maximum absolute atomic E-state index is 13.8. The van der Waals surface area contributed by atoms with Crippen molar-refractivity contribution < 1.29 is 13.6 Å². The van der Waals surface area contributed by atoms with Crippen molar-refractivity contribution in [3.63, 3.8) is 0 Å². The number of aromatic nitrogens is 1. The minimum absolute atomic E-state index is 0.0823. The molecule has 0 unspecified atom stereocenters. The highest BCUT2D eigenvalue weighted by Crippen LogP contribution is 2.21. The van der Waals surface area contributed by atoms with Crippen LogP contribution in [-0.2, 0) is 0 Å². The highest BCUT2D eigenvalue weighted by Gasteiger charge is 2.16. The molecule has 3 aromatic rings. The van der Waals surface area contributed by atoms with Crippen LogP contribution in [0.2, 0.25) is 0 Å². The summed E-state index contributed by atoms with van der Waals surface area (Å²) in [5, 5.41) is 2.77. The molecule has 132 valence electrons. The van der Waals surface area contributed by atoms with E-state index >= 15 is 0 Å². The number of nitrogens with one attached hydrogen (secondary N) is 1. The molecule has 0 fully saturated rings. The van der Waals surface area contributed by atoms with Crippen molar-refractivity contribution in [2.45, 2.75) is 6.92 Å². The van der Waals surface area contributed by atoms with E-state index in [1.807, 2.05) is 37.3 Å². The highest BCUT2D eigenvalue weighted by molar-refractivity contribution is 6.06. The average Bonchev–Trinajstić information content (AvgIpc) is 2.66. The van der Waals surface area contributed by atoms with Crippen molar-refractivity contribution in [3.05, 3.63) is 84.1 Å². The number of hydrogen-bond acceptors (Lipinski definition) is 3. The number of rotatable bonds is 5. The van der Waals surface area contributed by atoms with E-state index in [1.54, 1.807) is 11.0 Å². The number of nitrogens with zero attached hydrogens (tertiary/aromatic N) is 2. The van der Waals surface area contributed by atoms with Gasteiger partial charge in [0.1, 0.15) is 17.5 Å². The summed E-state index contributed by atoms with van der Waals surface area (Å²) in [4.78, 5) is 18.6. The number of benzene rings is 2. The molecule has 0 saturated carbocycles. The van der Waals surface area contributed by atoms with Gasteiger partial charge in [-0.3, -0.25) is 4.79 Å². The number of hydrogen-bond donors (Lipinski definition) is 1. The summed E-state index contributed by atoms with van der Waals surface area (Å²) in [7, 11) is 0. The number of halogens is 2. The molecule has 0 bridgehead atoms. The maximum Gasteiger partial charge on any atom is 0.258 e. The standard InChI is InChI=1S/C20H17F2N3O/c1-2-25(16-6-4-3-5-7-16)20(26)14-10-11-23-19(12-14)24-18-9-8-15(21)13-17(18)22/h3-13H,2H2,1H3,(H,23,24). The first kappa shape index (κ1) is 17.5. The molecule has 1 heterocycles. The molecule has 2 aromatic carbocycles. The monoisotopic (exact) mass is 353 g/mol. The third kappa shape index (κ3) is 3.85. The fourth-order valence-corrected chi connectivity index (χ4v) is 2.57. The first-order valence-electron chi connectivity index (χ1n) is 8.13. The summed E-state index contributed by atoms with van der Waals surface area (Å²) < 4.78 is 26.8. The molecule has 0 aliphatic carbocycles. The van der Waals surface area contributed by atoms with E-state index in [4.69, 9.17) is 0 Å².